The third-order valence-corrected chi connectivity index (χ3v) is 7.26. The topological polar surface area (TPSA) is 105 Å². The highest BCUT2D eigenvalue weighted by atomic mass is 16.5. The van der Waals surface area contributed by atoms with Crippen molar-refractivity contribution in [2.24, 2.45) is 11.8 Å². The zero-order valence-corrected chi connectivity index (χ0v) is 20.3. The number of nitrogens with one attached hydrogen (secondary N) is 1. The van der Waals surface area contributed by atoms with Gasteiger partial charge in [-0.25, -0.2) is 4.79 Å². The highest BCUT2D eigenvalue weighted by Gasteiger charge is 2.38. The van der Waals surface area contributed by atoms with Crippen LogP contribution in [-0.4, -0.2) is 66.9 Å². The van der Waals surface area contributed by atoms with Gasteiger partial charge in [0.05, 0.1) is 12.0 Å². The summed E-state index contributed by atoms with van der Waals surface area (Å²) in [5.74, 6) is -1.89. The van der Waals surface area contributed by atoms with Crippen LogP contribution >= 0.6 is 0 Å². The fourth-order valence-corrected chi connectivity index (χ4v) is 5.19. The number of alkyl carbamates (subject to hydrolysis) is 1. The Kier molecular flexibility index (Phi) is 7.40. The number of fused-ring (bicyclic) bond motifs is 3. The van der Waals surface area contributed by atoms with Gasteiger partial charge in [0.1, 0.15) is 12.6 Å². The first-order valence-electron chi connectivity index (χ1n) is 12.0. The molecule has 2 N–H and O–H groups in total. The molecule has 1 aliphatic carbocycles. The molecule has 1 fully saturated rings. The molecule has 8 heteroatoms. The monoisotopic (exact) mass is 480 g/mol. The highest BCUT2D eigenvalue weighted by molar-refractivity contribution is 5.87. The van der Waals surface area contributed by atoms with Crippen molar-refractivity contribution in [3.8, 4) is 11.1 Å². The fourth-order valence-electron chi connectivity index (χ4n) is 5.19. The summed E-state index contributed by atoms with van der Waals surface area (Å²) in [6.07, 6.45) is -0.903. The van der Waals surface area contributed by atoms with E-state index >= 15 is 0 Å². The Morgan fingerprint density at radius 1 is 1.09 bits per heavy atom. The summed E-state index contributed by atoms with van der Waals surface area (Å²) in [5, 5.41) is 12.1. The molecule has 2 aromatic carbocycles. The number of aliphatic carboxylic acids is 1. The Labute approximate surface area is 205 Å². The predicted molar refractivity (Wildman–Crippen MR) is 130 cm³/mol. The lowest BCUT2D eigenvalue weighted by Crippen LogP contribution is -2.57. The molecule has 0 saturated carbocycles. The minimum absolute atomic E-state index is 0.0851. The third-order valence-electron chi connectivity index (χ3n) is 7.26. The summed E-state index contributed by atoms with van der Waals surface area (Å²) in [6.45, 7) is 4.31. The third kappa shape index (κ3) is 5.03. The number of amides is 2. The van der Waals surface area contributed by atoms with Gasteiger partial charge in [0, 0.05) is 26.1 Å². The van der Waals surface area contributed by atoms with Gasteiger partial charge in [-0.3, -0.25) is 9.59 Å². The normalized spacial score (nSPS) is 20.9. The summed E-state index contributed by atoms with van der Waals surface area (Å²) in [7, 11) is 1.48. The minimum atomic E-state index is -0.941. The molecule has 2 amide bonds. The number of rotatable bonds is 7. The van der Waals surface area contributed by atoms with Gasteiger partial charge in [0.15, 0.2) is 0 Å². The SMILES string of the molecule is CO[C@H](C)[C@H](NC(=O)OCC1c2ccccc2-c2ccccc21)C(=O)N1CCC(C(=O)O)C(C)C1. The van der Waals surface area contributed by atoms with Crippen LogP contribution in [0.2, 0.25) is 0 Å². The quantitative estimate of drug-likeness (QED) is 0.629. The van der Waals surface area contributed by atoms with E-state index in [0.29, 0.717) is 19.5 Å². The maximum atomic E-state index is 13.3. The lowest BCUT2D eigenvalue weighted by atomic mass is 9.86. The van der Waals surface area contributed by atoms with Crippen LogP contribution in [0, 0.1) is 11.8 Å². The molecule has 8 nitrogen and oxygen atoms in total. The summed E-state index contributed by atoms with van der Waals surface area (Å²) >= 11 is 0. The maximum Gasteiger partial charge on any atom is 0.407 e. The first-order chi connectivity index (χ1) is 16.8. The van der Waals surface area contributed by atoms with E-state index in [9.17, 15) is 19.5 Å². The van der Waals surface area contributed by atoms with Crippen LogP contribution in [0.25, 0.3) is 11.1 Å². The summed E-state index contributed by atoms with van der Waals surface area (Å²) in [4.78, 5) is 39.1. The average molecular weight is 481 g/mol. The van der Waals surface area contributed by atoms with Crippen molar-refractivity contribution in [1.82, 2.24) is 10.2 Å². The molecule has 1 aliphatic heterocycles. The number of likely N-dealkylation sites (tertiary alicyclic amines) is 1. The lowest BCUT2D eigenvalue weighted by molar-refractivity contribution is -0.149. The van der Waals surface area contributed by atoms with Crippen molar-refractivity contribution in [2.75, 3.05) is 26.8 Å². The van der Waals surface area contributed by atoms with Crippen LogP contribution < -0.4 is 5.32 Å². The number of benzene rings is 2. The Balaban J connectivity index is 1.42. The van der Waals surface area contributed by atoms with E-state index in [4.69, 9.17) is 9.47 Å². The van der Waals surface area contributed by atoms with E-state index in [-0.39, 0.29) is 24.3 Å². The Hall–Kier alpha value is -3.39. The molecule has 0 bridgehead atoms. The summed E-state index contributed by atoms with van der Waals surface area (Å²) < 4.78 is 11.0. The molecule has 4 atom stereocenters. The zero-order valence-electron chi connectivity index (χ0n) is 20.3. The second-order valence-electron chi connectivity index (χ2n) is 9.38. The van der Waals surface area contributed by atoms with E-state index in [1.807, 2.05) is 43.3 Å². The number of hydrogen-bond donors (Lipinski definition) is 2. The van der Waals surface area contributed by atoms with Crippen molar-refractivity contribution < 1.29 is 29.0 Å². The lowest BCUT2D eigenvalue weighted by Gasteiger charge is -2.37. The zero-order chi connectivity index (χ0) is 25.1. The average Bonchev–Trinajstić information content (AvgIpc) is 3.18. The van der Waals surface area contributed by atoms with Crippen LogP contribution in [0.4, 0.5) is 4.79 Å². The number of piperidine rings is 1. The molecule has 0 spiro atoms. The van der Waals surface area contributed by atoms with E-state index in [0.717, 1.165) is 22.3 Å². The smallest absolute Gasteiger partial charge is 0.407 e. The number of methoxy groups -OCH3 is 1. The van der Waals surface area contributed by atoms with Gasteiger partial charge in [-0.05, 0) is 41.5 Å². The maximum absolute atomic E-state index is 13.3. The van der Waals surface area contributed by atoms with Gasteiger partial charge < -0.3 is 24.8 Å². The van der Waals surface area contributed by atoms with Gasteiger partial charge >= 0.3 is 12.1 Å². The Morgan fingerprint density at radius 3 is 2.23 bits per heavy atom. The first-order valence-corrected chi connectivity index (χ1v) is 12.0. The van der Waals surface area contributed by atoms with Crippen molar-refractivity contribution in [1.29, 1.82) is 0 Å². The standard InChI is InChI=1S/C27H32N2O6/c1-16-14-29(13-12-18(16)26(31)32)25(30)24(17(2)34-3)28-27(33)35-15-23-21-10-6-4-8-19(21)20-9-5-7-11-22(20)23/h4-11,16-18,23-24H,12-15H2,1-3H3,(H,28,33)(H,31,32)/t16?,17-,18?,24+/m1/s1. The Bertz CT molecular complexity index is 1060. The van der Waals surface area contributed by atoms with Crippen LogP contribution in [0.15, 0.2) is 48.5 Å². The molecule has 1 saturated heterocycles. The van der Waals surface area contributed by atoms with Gasteiger partial charge in [-0.2, -0.15) is 0 Å². The Morgan fingerprint density at radius 2 is 1.69 bits per heavy atom. The van der Waals surface area contributed by atoms with Crippen molar-refractivity contribution in [2.45, 2.75) is 38.3 Å². The largest absolute Gasteiger partial charge is 0.481 e. The molecule has 2 unspecified atom stereocenters. The summed E-state index contributed by atoms with van der Waals surface area (Å²) in [5.41, 5.74) is 4.48. The van der Waals surface area contributed by atoms with Crippen molar-refractivity contribution in [3.63, 3.8) is 0 Å². The van der Waals surface area contributed by atoms with Crippen molar-refractivity contribution in [3.05, 3.63) is 59.7 Å². The number of ether oxygens (including phenoxy) is 2. The highest BCUT2D eigenvalue weighted by Crippen LogP contribution is 2.44. The van der Waals surface area contributed by atoms with E-state index in [1.165, 1.54) is 7.11 Å². The molecular formula is C27H32N2O6. The second-order valence-corrected chi connectivity index (χ2v) is 9.38. The van der Waals surface area contributed by atoms with Gasteiger partial charge in [-0.1, -0.05) is 55.5 Å². The second kappa shape index (κ2) is 10.5. The number of carboxylic acids is 1. The van der Waals surface area contributed by atoms with Crippen LogP contribution in [0.3, 0.4) is 0 Å². The van der Waals surface area contributed by atoms with Crippen LogP contribution in [0.5, 0.6) is 0 Å². The molecule has 35 heavy (non-hydrogen) atoms. The van der Waals surface area contributed by atoms with Crippen LogP contribution in [-0.2, 0) is 19.1 Å². The van der Waals surface area contributed by atoms with E-state index in [2.05, 4.69) is 17.4 Å². The molecule has 2 aromatic rings. The number of carbonyl (C=O) groups is 3. The van der Waals surface area contributed by atoms with Gasteiger partial charge in [0.2, 0.25) is 5.91 Å². The molecule has 2 aliphatic rings. The molecule has 1 heterocycles. The molecular weight excluding hydrogens is 448 g/mol. The number of carboxylic acid groups (broad SMARTS) is 1. The molecule has 0 radical (unpaired) electrons. The van der Waals surface area contributed by atoms with Gasteiger partial charge in [-0.15, -0.1) is 0 Å². The van der Waals surface area contributed by atoms with E-state index < -0.39 is 30.1 Å². The molecule has 4 rings (SSSR count). The molecule has 0 aromatic heterocycles. The van der Waals surface area contributed by atoms with Crippen LogP contribution in [0.1, 0.15) is 37.3 Å². The summed E-state index contributed by atoms with van der Waals surface area (Å²) in [6, 6.07) is 15.2. The first kappa shape index (κ1) is 24.7. The number of carbonyl (C=O) groups excluding carboxylic acids is 2. The molecule has 186 valence electrons. The van der Waals surface area contributed by atoms with Gasteiger partial charge in [0.25, 0.3) is 0 Å². The predicted octanol–water partition coefficient (Wildman–Crippen LogP) is 3.50. The van der Waals surface area contributed by atoms with E-state index in [1.54, 1.807) is 11.8 Å². The fraction of sp³-hybridized carbons (Fsp3) is 0.444. The minimum Gasteiger partial charge on any atom is -0.481 e. The number of hydrogen-bond acceptors (Lipinski definition) is 5. The number of nitrogens with zero attached hydrogens (tertiary/aromatic N) is 1. The van der Waals surface area contributed by atoms with Crippen molar-refractivity contribution >= 4 is 18.0 Å².